The largest absolute Gasteiger partial charge is 0.675 e. The van der Waals surface area contributed by atoms with E-state index in [4.69, 9.17) is 24.9 Å². The van der Waals surface area contributed by atoms with Crippen LogP contribution in [-0.2, 0) is 23.6 Å². The third-order valence-electron chi connectivity index (χ3n) is 4.47. The van der Waals surface area contributed by atoms with Gasteiger partial charge in [-0.25, -0.2) is 4.81 Å². The van der Waals surface area contributed by atoms with Crippen molar-refractivity contribution in [3.05, 3.63) is 0 Å². The van der Waals surface area contributed by atoms with E-state index < -0.39 is 81.3 Å². The van der Waals surface area contributed by atoms with Crippen LogP contribution >= 0.6 is 0 Å². The molecule has 0 aromatic rings. The highest BCUT2D eigenvalue weighted by Gasteiger charge is 2.60. The Hall–Kier alpha value is -0.575. The van der Waals surface area contributed by atoms with Gasteiger partial charge in [0.2, 0.25) is 0 Å². The molecule has 2 rings (SSSR count). The van der Waals surface area contributed by atoms with E-state index in [0.29, 0.717) is 0 Å². The standard InChI is InChI=1S/C12H23BO16/c14-1-3-5(16)7(18)9(20)11(22,25-3)27-13(29-24)28-12(23)10(21)8(19)6(17)4(2-15)26-12/h3-10,14-24H,1-2H2/t3-,4-,5-,6-,7+,8+,9-,10-,11?,12?/m1/s1. The second-order valence-electron chi connectivity index (χ2n) is 6.42. The highest BCUT2D eigenvalue weighted by atomic mass is 17.1. The van der Waals surface area contributed by atoms with Gasteiger partial charge in [0, 0.05) is 0 Å². The Labute approximate surface area is 162 Å². The van der Waals surface area contributed by atoms with E-state index in [1.54, 1.807) is 0 Å². The Bertz CT molecular complexity index is 494. The molecule has 0 aliphatic carbocycles. The molecule has 11 N–H and O–H groups in total. The maximum atomic E-state index is 10.2. The quantitative estimate of drug-likeness (QED) is 0.0769. The topological polar surface area (TPSA) is 269 Å². The fourth-order valence-electron chi connectivity index (χ4n) is 2.79. The minimum absolute atomic E-state index is 0.962. The minimum Gasteiger partial charge on any atom is -0.394 e. The van der Waals surface area contributed by atoms with Crippen molar-refractivity contribution < 1.29 is 79.9 Å². The van der Waals surface area contributed by atoms with Crippen molar-refractivity contribution in [3.8, 4) is 0 Å². The van der Waals surface area contributed by atoms with Gasteiger partial charge in [-0.1, -0.05) is 0 Å². The monoisotopic (exact) mass is 434 g/mol. The normalized spacial score (nSPS) is 48.5. The number of ether oxygens (including phenoxy) is 2. The Balaban J connectivity index is 2.18. The van der Waals surface area contributed by atoms with E-state index in [1.165, 1.54) is 0 Å². The van der Waals surface area contributed by atoms with Gasteiger partial charge in [-0.05, 0) is 0 Å². The molecule has 2 unspecified atom stereocenters. The summed E-state index contributed by atoms with van der Waals surface area (Å²) in [5.74, 6) is -6.60. The zero-order chi connectivity index (χ0) is 22.1. The fraction of sp³-hybridized carbons (Fsp3) is 1.00. The van der Waals surface area contributed by atoms with Crippen molar-refractivity contribution in [2.75, 3.05) is 13.2 Å². The van der Waals surface area contributed by atoms with E-state index in [2.05, 4.69) is 14.1 Å². The van der Waals surface area contributed by atoms with E-state index in [9.17, 15) is 40.9 Å². The van der Waals surface area contributed by atoms with Crippen LogP contribution in [0.15, 0.2) is 0 Å². The first-order valence-corrected chi connectivity index (χ1v) is 8.20. The van der Waals surface area contributed by atoms with Gasteiger partial charge < -0.3 is 69.8 Å². The molecule has 29 heavy (non-hydrogen) atoms. The molecule has 10 atom stereocenters. The molecule has 0 saturated carbocycles. The lowest BCUT2D eigenvalue weighted by Gasteiger charge is -2.47. The molecule has 0 spiro atoms. The maximum absolute atomic E-state index is 10.2. The van der Waals surface area contributed by atoms with Crippen molar-refractivity contribution in [1.29, 1.82) is 0 Å². The van der Waals surface area contributed by atoms with E-state index in [0.717, 1.165) is 0 Å². The minimum atomic E-state index is -3.30. The summed E-state index contributed by atoms with van der Waals surface area (Å²) in [6.07, 6.45) is -16.2. The van der Waals surface area contributed by atoms with E-state index in [-0.39, 0.29) is 0 Å². The van der Waals surface area contributed by atoms with Crippen LogP contribution in [0.3, 0.4) is 0 Å². The molecular weight excluding hydrogens is 411 g/mol. The smallest absolute Gasteiger partial charge is 0.394 e. The molecule has 2 saturated heterocycles. The molecule has 0 amide bonds. The Morgan fingerprint density at radius 1 is 0.690 bits per heavy atom. The molecule has 2 aliphatic rings. The summed E-state index contributed by atoms with van der Waals surface area (Å²) in [4.78, 5) is 3.68. The van der Waals surface area contributed by atoms with Crippen LogP contribution in [0.4, 0.5) is 0 Å². The molecule has 16 nitrogen and oxygen atoms in total. The zero-order valence-electron chi connectivity index (χ0n) is 14.6. The van der Waals surface area contributed by atoms with Crippen molar-refractivity contribution in [2.45, 2.75) is 60.8 Å². The SMILES string of the molecule is OC[C@H]1OC(O)(OB(OO)OC2(O)O[C@H](CO)[C@@H](O)[C@H](O)[C@H]2O)[C@H](O)[C@@H](O)[C@@H]1O. The molecule has 17 heteroatoms. The molecule has 2 aliphatic heterocycles. The Morgan fingerprint density at radius 3 is 1.31 bits per heavy atom. The number of aliphatic hydroxyl groups is 10. The summed E-state index contributed by atoms with van der Waals surface area (Å²) in [5.41, 5.74) is 0. The maximum Gasteiger partial charge on any atom is 0.675 e. The predicted octanol–water partition coefficient (Wildman–Crippen LogP) is -7.27. The first-order chi connectivity index (χ1) is 13.4. The summed E-state index contributed by atoms with van der Waals surface area (Å²) in [7, 11) is -2.67. The Morgan fingerprint density at radius 2 is 1.03 bits per heavy atom. The summed E-state index contributed by atoms with van der Waals surface area (Å²) < 4.78 is 18.6. The highest BCUT2D eigenvalue weighted by Crippen LogP contribution is 2.33. The van der Waals surface area contributed by atoms with Gasteiger partial charge in [-0.3, -0.25) is 5.26 Å². The fourth-order valence-corrected chi connectivity index (χ4v) is 2.79. The van der Waals surface area contributed by atoms with Crippen molar-refractivity contribution >= 4 is 7.32 Å². The molecule has 0 bridgehead atoms. The first-order valence-electron chi connectivity index (χ1n) is 8.20. The van der Waals surface area contributed by atoms with Crippen molar-refractivity contribution in [2.24, 2.45) is 0 Å². The van der Waals surface area contributed by atoms with Crippen LogP contribution in [-0.4, -0.2) is 138 Å². The number of rotatable bonds is 7. The van der Waals surface area contributed by atoms with Crippen molar-refractivity contribution in [3.63, 3.8) is 0 Å². The molecule has 0 aromatic heterocycles. The van der Waals surface area contributed by atoms with Gasteiger partial charge in [0.1, 0.15) is 36.6 Å². The number of aliphatic hydroxyl groups excluding tert-OH is 8. The number of hydrogen-bond donors (Lipinski definition) is 11. The summed E-state index contributed by atoms with van der Waals surface area (Å²) in [6, 6.07) is 0. The van der Waals surface area contributed by atoms with Gasteiger partial charge in [0.05, 0.1) is 13.2 Å². The van der Waals surface area contributed by atoms with Crippen LogP contribution < -0.4 is 0 Å². The van der Waals surface area contributed by atoms with Crippen LogP contribution in [0, 0.1) is 0 Å². The van der Waals surface area contributed by atoms with Gasteiger partial charge in [-0.15, -0.1) is 0 Å². The highest BCUT2D eigenvalue weighted by molar-refractivity contribution is 6.36. The molecule has 2 fully saturated rings. The lowest BCUT2D eigenvalue weighted by molar-refractivity contribution is -0.457. The number of hydrogen-bond acceptors (Lipinski definition) is 16. The third-order valence-corrected chi connectivity index (χ3v) is 4.47. The second kappa shape index (κ2) is 9.28. The molecule has 0 radical (unpaired) electrons. The van der Waals surface area contributed by atoms with Gasteiger partial charge in [0.25, 0.3) is 0 Å². The van der Waals surface area contributed by atoms with Crippen LogP contribution in [0.25, 0.3) is 0 Å². The Kier molecular flexibility index (Phi) is 7.90. The lowest BCUT2D eigenvalue weighted by atomic mass is 9.96. The summed E-state index contributed by atoms with van der Waals surface area (Å²) >= 11 is 0. The van der Waals surface area contributed by atoms with E-state index >= 15 is 0 Å². The van der Waals surface area contributed by atoms with Crippen molar-refractivity contribution in [1.82, 2.24) is 0 Å². The first kappa shape index (κ1) is 24.7. The summed E-state index contributed by atoms with van der Waals surface area (Å²) in [5, 5.41) is 106. The molecule has 0 aromatic carbocycles. The van der Waals surface area contributed by atoms with Gasteiger partial charge >= 0.3 is 19.3 Å². The average Bonchev–Trinajstić information content (AvgIpc) is 2.70. The third kappa shape index (κ3) is 4.70. The van der Waals surface area contributed by atoms with Gasteiger partial charge in [0.15, 0.2) is 12.2 Å². The molecule has 2 heterocycles. The summed E-state index contributed by atoms with van der Waals surface area (Å²) in [6.45, 7) is -1.92. The molecular formula is C12H23BO16. The predicted molar refractivity (Wildman–Crippen MR) is 81.5 cm³/mol. The van der Waals surface area contributed by atoms with Crippen LogP contribution in [0.1, 0.15) is 0 Å². The van der Waals surface area contributed by atoms with Crippen LogP contribution in [0.2, 0.25) is 0 Å². The van der Waals surface area contributed by atoms with E-state index in [1.807, 2.05) is 0 Å². The van der Waals surface area contributed by atoms with Gasteiger partial charge in [-0.2, -0.15) is 0 Å². The average molecular weight is 434 g/mol. The zero-order valence-corrected chi connectivity index (χ0v) is 14.6. The molecule has 170 valence electrons. The second-order valence-corrected chi connectivity index (χ2v) is 6.42. The van der Waals surface area contributed by atoms with Crippen LogP contribution in [0.5, 0.6) is 0 Å². The lowest BCUT2D eigenvalue weighted by Crippen LogP contribution is -2.70.